The molecule has 0 spiro atoms. The number of carbonyl (C=O) groups excluding carboxylic acids is 1. The summed E-state index contributed by atoms with van der Waals surface area (Å²) in [7, 11) is 1.93. The summed E-state index contributed by atoms with van der Waals surface area (Å²) in [5.41, 5.74) is 0.684. The van der Waals surface area contributed by atoms with E-state index in [1.807, 2.05) is 43.5 Å². The van der Waals surface area contributed by atoms with Gasteiger partial charge < -0.3 is 15.0 Å². The first-order chi connectivity index (χ1) is 10.3. The lowest BCUT2D eigenvalue weighted by Gasteiger charge is -2.32. The lowest BCUT2D eigenvalue weighted by Crippen LogP contribution is -2.48. The molecule has 1 aliphatic rings. The number of likely N-dealkylation sites (tertiary alicyclic amines) is 1. The molecule has 0 saturated carbocycles. The first-order valence-electron chi connectivity index (χ1n) is 7.98. The van der Waals surface area contributed by atoms with Gasteiger partial charge in [-0.05, 0) is 46.6 Å². The Kier molecular flexibility index (Phi) is 5.11. The monoisotopic (exact) mass is 308 g/mol. The Hall–Kier alpha value is -1.56. The second kappa shape index (κ2) is 6.69. The van der Waals surface area contributed by atoms with Crippen LogP contribution >= 0.6 is 0 Å². The second-order valence-corrected chi connectivity index (χ2v) is 7.00. The van der Waals surface area contributed by atoms with Crippen LogP contribution < -0.4 is 5.32 Å². The van der Waals surface area contributed by atoms with E-state index in [0.717, 1.165) is 31.6 Å². The van der Waals surface area contributed by atoms with Crippen molar-refractivity contribution in [3.63, 3.8) is 0 Å². The number of nitrogens with zero attached hydrogens (tertiary/aromatic N) is 3. The average Bonchev–Trinajstić information content (AvgIpc) is 3.02. The second-order valence-electron chi connectivity index (χ2n) is 7.00. The summed E-state index contributed by atoms with van der Waals surface area (Å²) in [5, 5.41) is 7.67. The quantitative estimate of drug-likeness (QED) is 0.927. The topological polar surface area (TPSA) is 59.4 Å². The van der Waals surface area contributed by atoms with Gasteiger partial charge in [-0.15, -0.1) is 0 Å². The van der Waals surface area contributed by atoms with Gasteiger partial charge in [-0.25, -0.2) is 4.79 Å². The van der Waals surface area contributed by atoms with Crippen LogP contribution in [0.3, 0.4) is 0 Å². The SMILES string of the molecule is CC(NCc1ccnn1C)C1CCCN1C(=O)OC(C)(C)C. The van der Waals surface area contributed by atoms with E-state index in [1.54, 1.807) is 6.20 Å². The molecule has 6 nitrogen and oxygen atoms in total. The van der Waals surface area contributed by atoms with Crippen molar-refractivity contribution in [1.82, 2.24) is 20.0 Å². The van der Waals surface area contributed by atoms with Crippen molar-refractivity contribution in [1.29, 1.82) is 0 Å². The molecule has 1 aromatic rings. The normalized spacial score (nSPS) is 20.2. The van der Waals surface area contributed by atoms with Gasteiger partial charge in [-0.3, -0.25) is 4.68 Å². The Balaban J connectivity index is 1.92. The zero-order chi connectivity index (χ0) is 16.3. The van der Waals surface area contributed by atoms with Crippen molar-refractivity contribution in [2.45, 2.75) is 64.8 Å². The Morgan fingerprint density at radius 3 is 2.86 bits per heavy atom. The molecule has 0 aromatic carbocycles. The van der Waals surface area contributed by atoms with E-state index in [9.17, 15) is 4.79 Å². The summed E-state index contributed by atoms with van der Waals surface area (Å²) >= 11 is 0. The summed E-state index contributed by atoms with van der Waals surface area (Å²) in [6, 6.07) is 2.40. The van der Waals surface area contributed by atoms with Gasteiger partial charge >= 0.3 is 6.09 Å². The van der Waals surface area contributed by atoms with E-state index in [-0.39, 0.29) is 18.2 Å². The van der Waals surface area contributed by atoms with Crippen molar-refractivity contribution < 1.29 is 9.53 Å². The molecular weight excluding hydrogens is 280 g/mol. The predicted molar refractivity (Wildman–Crippen MR) is 85.5 cm³/mol. The van der Waals surface area contributed by atoms with Gasteiger partial charge in [0.2, 0.25) is 0 Å². The highest BCUT2D eigenvalue weighted by molar-refractivity contribution is 5.69. The van der Waals surface area contributed by atoms with Crippen LogP contribution in [0, 0.1) is 0 Å². The minimum absolute atomic E-state index is 0.183. The van der Waals surface area contributed by atoms with Gasteiger partial charge in [0.15, 0.2) is 0 Å². The molecule has 1 saturated heterocycles. The van der Waals surface area contributed by atoms with Crippen LogP contribution in [0.4, 0.5) is 4.79 Å². The van der Waals surface area contributed by atoms with E-state index < -0.39 is 5.60 Å². The van der Waals surface area contributed by atoms with Crippen molar-refractivity contribution >= 4 is 6.09 Å². The zero-order valence-electron chi connectivity index (χ0n) is 14.3. The minimum Gasteiger partial charge on any atom is -0.444 e. The highest BCUT2D eigenvalue weighted by Gasteiger charge is 2.35. The molecule has 1 aromatic heterocycles. The van der Waals surface area contributed by atoms with Crippen molar-refractivity contribution in [2.75, 3.05) is 6.54 Å². The first-order valence-corrected chi connectivity index (χ1v) is 7.98. The standard InChI is InChI=1S/C16H28N4O2/c1-12(17-11-13-8-9-18-19(13)5)14-7-6-10-20(14)15(21)22-16(2,3)4/h8-9,12,14,17H,6-7,10-11H2,1-5H3. The van der Waals surface area contributed by atoms with Crippen molar-refractivity contribution in [3.05, 3.63) is 18.0 Å². The smallest absolute Gasteiger partial charge is 0.410 e. The maximum atomic E-state index is 12.3. The summed E-state index contributed by atoms with van der Waals surface area (Å²) in [5.74, 6) is 0. The fraction of sp³-hybridized carbons (Fsp3) is 0.750. The molecule has 1 amide bonds. The van der Waals surface area contributed by atoms with Gasteiger partial charge in [0, 0.05) is 32.4 Å². The van der Waals surface area contributed by atoms with E-state index in [4.69, 9.17) is 4.74 Å². The summed E-state index contributed by atoms with van der Waals surface area (Å²) < 4.78 is 7.38. The molecule has 1 fully saturated rings. The molecule has 1 N–H and O–H groups in total. The molecule has 1 aliphatic heterocycles. The van der Waals surface area contributed by atoms with Gasteiger partial charge in [0.1, 0.15) is 5.60 Å². The third kappa shape index (κ3) is 4.22. The number of rotatable bonds is 4. The first kappa shape index (κ1) is 16.8. The van der Waals surface area contributed by atoms with Gasteiger partial charge in [-0.2, -0.15) is 5.10 Å². The molecule has 0 aliphatic carbocycles. The largest absolute Gasteiger partial charge is 0.444 e. The third-order valence-corrected chi connectivity index (χ3v) is 4.03. The molecule has 6 heteroatoms. The maximum absolute atomic E-state index is 12.3. The van der Waals surface area contributed by atoms with Gasteiger partial charge in [0.05, 0.1) is 11.7 Å². The van der Waals surface area contributed by atoms with E-state index >= 15 is 0 Å². The fourth-order valence-corrected chi connectivity index (χ4v) is 2.84. The third-order valence-electron chi connectivity index (χ3n) is 4.03. The van der Waals surface area contributed by atoms with E-state index in [0.29, 0.717) is 0 Å². The average molecular weight is 308 g/mol. The van der Waals surface area contributed by atoms with Gasteiger partial charge in [-0.1, -0.05) is 0 Å². The fourth-order valence-electron chi connectivity index (χ4n) is 2.84. The Morgan fingerprint density at radius 1 is 1.55 bits per heavy atom. The number of amides is 1. The Labute approximate surface area is 132 Å². The number of aromatic nitrogens is 2. The van der Waals surface area contributed by atoms with E-state index in [1.165, 1.54) is 0 Å². The number of aryl methyl sites for hydroxylation is 1. The molecule has 0 radical (unpaired) electrons. The summed E-state index contributed by atoms with van der Waals surface area (Å²) in [4.78, 5) is 14.2. The van der Waals surface area contributed by atoms with Crippen LogP contribution in [0.2, 0.25) is 0 Å². The van der Waals surface area contributed by atoms with Crippen molar-refractivity contribution in [3.8, 4) is 0 Å². The van der Waals surface area contributed by atoms with Crippen LogP contribution in [0.1, 0.15) is 46.2 Å². The van der Waals surface area contributed by atoms with Crippen LogP contribution in [0.5, 0.6) is 0 Å². The van der Waals surface area contributed by atoms with Gasteiger partial charge in [0.25, 0.3) is 0 Å². The summed E-state index contributed by atoms with van der Waals surface area (Å²) in [6.45, 7) is 9.36. The van der Waals surface area contributed by atoms with Crippen LogP contribution in [0.25, 0.3) is 0 Å². The highest BCUT2D eigenvalue weighted by atomic mass is 16.6. The molecule has 124 valence electrons. The Morgan fingerprint density at radius 2 is 2.27 bits per heavy atom. The molecule has 22 heavy (non-hydrogen) atoms. The summed E-state index contributed by atoms with van der Waals surface area (Å²) in [6.07, 6.45) is 3.63. The molecule has 2 unspecified atom stereocenters. The lowest BCUT2D eigenvalue weighted by molar-refractivity contribution is 0.0200. The molecule has 2 atom stereocenters. The number of hydrogen-bond acceptors (Lipinski definition) is 4. The van der Waals surface area contributed by atoms with Crippen molar-refractivity contribution in [2.24, 2.45) is 7.05 Å². The molecule has 2 rings (SSSR count). The number of carbonyl (C=O) groups is 1. The molecule has 0 bridgehead atoms. The number of nitrogens with one attached hydrogen (secondary N) is 1. The van der Waals surface area contributed by atoms with Crippen LogP contribution in [-0.2, 0) is 18.3 Å². The predicted octanol–water partition coefficient (Wildman–Crippen LogP) is 2.30. The number of hydrogen-bond donors (Lipinski definition) is 1. The highest BCUT2D eigenvalue weighted by Crippen LogP contribution is 2.23. The lowest BCUT2D eigenvalue weighted by atomic mass is 10.1. The van der Waals surface area contributed by atoms with E-state index in [2.05, 4.69) is 17.3 Å². The van der Waals surface area contributed by atoms with Crippen LogP contribution in [-0.4, -0.2) is 45.0 Å². The number of ether oxygens (including phenoxy) is 1. The minimum atomic E-state index is -0.449. The maximum Gasteiger partial charge on any atom is 0.410 e. The molecular formula is C16H28N4O2. The molecule has 2 heterocycles. The zero-order valence-corrected chi connectivity index (χ0v) is 14.3. The van der Waals surface area contributed by atoms with Crippen LogP contribution in [0.15, 0.2) is 12.3 Å². The Bertz CT molecular complexity index is 506.